The van der Waals surface area contributed by atoms with Crippen molar-refractivity contribution < 1.29 is 17.2 Å². The first-order valence-electron chi connectivity index (χ1n) is 5.42. The number of furan rings is 1. The topological polar surface area (TPSA) is 73.3 Å². The van der Waals surface area contributed by atoms with Crippen LogP contribution in [0.5, 0.6) is 0 Å². The van der Waals surface area contributed by atoms with Crippen LogP contribution in [0.25, 0.3) is 11.0 Å². The largest absolute Gasteiger partial charge is 0.459 e. The number of nitrogens with two attached hydrogens (primary N) is 1. The molecule has 2 rings (SSSR count). The maximum Gasteiger partial charge on any atom is 0.152 e. The number of sulfone groups is 1. The Morgan fingerprint density at radius 2 is 2.00 bits per heavy atom. The summed E-state index contributed by atoms with van der Waals surface area (Å²) >= 11 is 0. The Bertz CT molecular complexity index is 678. The Kier molecular flexibility index (Phi) is 3.16. The van der Waals surface area contributed by atoms with Gasteiger partial charge in [-0.3, -0.25) is 0 Å². The lowest BCUT2D eigenvalue weighted by Crippen LogP contribution is -2.30. The highest BCUT2D eigenvalue weighted by molar-refractivity contribution is 7.91. The Balaban J connectivity index is 2.42. The normalized spacial score (nSPS) is 15.8. The van der Waals surface area contributed by atoms with Crippen LogP contribution < -0.4 is 5.73 Å². The molecule has 2 N–H and O–H groups in total. The summed E-state index contributed by atoms with van der Waals surface area (Å²) in [6, 6.07) is 4.90. The Morgan fingerprint density at radius 3 is 2.61 bits per heavy atom. The molecule has 0 aliphatic heterocycles. The molecule has 2 unspecified atom stereocenters. The zero-order chi connectivity index (χ0) is 13.5. The van der Waals surface area contributed by atoms with Crippen molar-refractivity contribution in [1.29, 1.82) is 0 Å². The Morgan fingerprint density at radius 1 is 1.33 bits per heavy atom. The predicted molar refractivity (Wildman–Crippen MR) is 67.4 cm³/mol. The molecule has 0 radical (unpaired) electrons. The van der Waals surface area contributed by atoms with Crippen LogP contribution in [0.1, 0.15) is 18.7 Å². The minimum Gasteiger partial charge on any atom is -0.459 e. The average Bonchev–Trinajstić information content (AvgIpc) is 2.68. The number of rotatable bonds is 3. The van der Waals surface area contributed by atoms with Gasteiger partial charge in [-0.15, -0.1) is 0 Å². The SMILES string of the molecule is CC(C(N)c1cc2cc(F)ccc2o1)S(C)(=O)=O. The first-order valence-corrected chi connectivity index (χ1v) is 7.38. The van der Waals surface area contributed by atoms with Crippen molar-refractivity contribution in [2.75, 3.05) is 6.26 Å². The molecular weight excluding hydrogens is 257 g/mol. The van der Waals surface area contributed by atoms with Gasteiger partial charge in [-0.2, -0.15) is 0 Å². The fourth-order valence-corrected chi connectivity index (χ4v) is 2.36. The molecule has 0 aliphatic carbocycles. The van der Waals surface area contributed by atoms with Gasteiger partial charge in [0, 0.05) is 11.6 Å². The minimum atomic E-state index is -3.25. The van der Waals surface area contributed by atoms with Gasteiger partial charge in [0.15, 0.2) is 9.84 Å². The molecular formula is C12H14FNO3S. The van der Waals surface area contributed by atoms with Gasteiger partial charge in [0.05, 0.1) is 11.3 Å². The van der Waals surface area contributed by atoms with Crippen molar-refractivity contribution in [2.24, 2.45) is 5.73 Å². The predicted octanol–water partition coefficient (Wildman–Crippen LogP) is 2.00. The molecule has 2 atom stereocenters. The molecule has 18 heavy (non-hydrogen) atoms. The lowest BCUT2D eigenvalue weighted by molar-refractivity contribution is 0.480. The lowest BCUT2D eigenvalue weighted by atomic mass is 10.1. The van der Waals surface area contributed by atoms with Crippen LogP contribution in [0.15, 0.2) is 28.7 Å². The van der Waals surface area contributed by atoms with Crippen molar-refractivity contribution in [3.05, 3.63) is 35.8 Å². The van der Waals surface area contributed by atoms with Gasteiger partial charge in [-0.1, -0.05) is 0 Å². The molecule has 6 heteroatoms. The van der Waals surface area contributed by atoms with E-state index in [1.165, 1.54) is 25.1 Å². The maximum atomic E-state index is 13.0. The summed E-state index contributed by atoms with van der Waals surface area (Å²) in [6.07, 6.45) is 1.12. The van der Waals surface area contributed by atoms with E-state index in [9.17, 15) is 12.8 Å². The van der Waals surface area contributed by atoms with Crippen LogP contribution in [-0.2, 0) is 9.84 Å². The summed E-state index contributed by atoms with van der Waals surface area (Å²) in [5.41, 5.74) is 6.35. The molecule has 0 saturated heterocycles. The van der Waals surface area contributed by atoms with Crippen molar-refractivity contribution in [1.82, 2.24) is 0 Å². The third-order valence-electron chi connectivity index (χ3n) is 3.01. The van der Waals surface area contributed by atoms with Gasteiger partial charge >= 0.3 is 0 Å². The van der Waals surface area contributed by atoms with E-state index in [1.807, 2.05) is 0 Å². The first-order chi connectivity index (χ1) is 8.29. The molecule has 1 aromatic heterocycles. The van der Waals surface area contributed by atoms with E-state index in [4.69, 9.17) is 10.2 Å². The zero-order valence-corrected chi connectivity index (χ0v) is 10.9. The number of hydrogen-bond acceptors (Lipinski definition) is 4. The van der Waals surface area contributed by atoms with Crippen molar-refractivity contribution >= 4 is 20.8 Å². The van der Waals surface area contributed by atoms with Crippen LogP contribution in [0.4, 0.5) is 4.39 Å². The summed E-state index contributed by atoms with van der Waals surface area (Å²) in [6.45, 7) is 1.52. The van der Waals surface area contributed by atoms with Crippen LogP contribution in [0, 0.1) is 5.82 Å². The highest BCUT2D eigenvalue weighted by Crippen LogP contribution is 2.27. The van der Waals surface area contributed by atoms with E-state index >= 15 is 0 Å². The molecule has 0 aliphatic rings. The fraction of sp³-hybridized carbons (Fsp3) is 0.333. The minimum absolute atomic E-state index is 0.341. The molecule has 98 valence electrons. The van der Waals surface area contributed by atoms with Gasteiger partial charge in [-0.05, 0) is 31.2 Å². The third kappa shape index (κ3) is 2.39. The summed E-state index contributed by atoms with van der Waals surface area (Å²) in [5.74, 6) is -0.0342. The van der Waals surface area contributed by atoms with E-state index in [1.54, 1.807) is 6.07 Å². The quantitative estimate of drug-likeness (QED) is 0.926. The molecule has 0 amide bonds. The van der Waals surface area contributed by atoms with Crippen molar-refractivity contribution in [3.8, 4) is 0 Å². The van der Waals surface area contributed by atoms with Gasteiger partial charge in [-0.25, -0.2) is 12.8 Å². The molecule has 0 spiro atoms. The van der Waals surface area contributed by atoms with Gasteiger partial charge < -0.3 is 10.2 Å². The zero-order valence-electron chi connectivity index (χ0n) is 10.1. The smallest absolute Gasteiger partial charge is 0.152 e. The van der Waals surface area contributed by atoms with Crippen molar-refractivity contribution in [2.45, 2.75) is 18.2 Å². The monoisotopic (exact) mass is 271 g/mol. The van der Waals surface area contributed by atoms with Crippen LogP contribution in [-0.4, -0.2) is 19.9 Å². The number of fused-ring (bicyclic) bond motifs is 1. The fourth-order valence-electron chi connectivity index (χ4n) is 1.70. The van der Waals surface area contributed by atoms with Gasteiger partial charge in [0.1, 0.15) is 17.2 Å². The second-order valence-electron chi connectivity index (χ2n) is 4.39. The van der Waals surface area contributed by atoms with Gasteiger partial charge in [0.2, 0.25) is 0 Å². The molecule has 0 saturated carbocycles. The second-order valence-corrected chi connectivity index (χ2v) is 6.79. The summed E-state index contributed by atoms with van der Waals surface area (Å²) in [4.78, 5) is 0. The molecule has 0 bridgehead atoms. The van der Waals surface area contributed by atoms with E-state index in [-0.39, 0.29) is 5.82 Å². The molecule has 1 heterocycles. The average molecular weight is 271 g/mol. The number of benzene rings is 1. The van der Waals surface area contributed by atoms with Crippen molar-refractivity contribution in [3.63, 3.8) is 0 Å². The van der Waals surface area contributed by atoms with Crippen LogP contribution >= 0.6 is 0 Å². The number of halogens is 1. The standard InChI is InChI=1S/C12H14FNO3S/c1-7(18(2,15)16)12(14)11-6-8-5-9(13)3-4-10(8)17-11/h3-7,12H,14H2,1-2H3. The maximum absolute atomic E-state index is 13.0. The lowest BCUT2D eigenvalue weighted by Gasteiger charge is -2.15. The molecule has 2 aromatic rings. The van der Waals surface area contributed by atoms with Crippen LogP contribution in [0.2, 0.25) is 0 Å². The van der Waals surface area contributed by atoms with Gasteiger partial charge in [0.25, 0.3) is 0 Å². The van der Waals surface area contributed by atoms with E-state index in [2.05, 4.69) is 0 Å². The molecule has 4 nitrogen and oxygen atoms in total. The van der Waals surface area contributed by atoms with E-state index < -0.39 is 21.1 Å². The second kappa shape index (κ2) is 4.37. The molecule has 1 aromatic carbocycles. The summed E-state index contributed by atoms with van der Waals surface area (Å²) in [7, 11) is -3.25. The summed E-state index contributed by atoms with van der Waals surface area (Å²) in [5, 5.41) is -0.191. The molecule has 0 fully saturated rings. The number of hydrogen-bond donors (Lipinski definition) is 1. The highest BCUT2D eigenvalue weighted by atomic mass is 32.2. The summed E-state index contributed by atoms with van der Waals surface area (Å²) < 4.78 is 41.3. The van der Waals surface area contributed by atoms with E-state index in [0.29, 0.717) is 16.7 Å². The third-order valence-corrected chi connectivity index (χ3v) is 4.65. The van der Waals surface area contributed by atoms with E-state index in [0.717, 1.165) is 6.26 Å². The first kappa shape index (κ1) is 13.0. The Labute approximate surface area is 104 Å². The van der Waals surface area contributed by atoms with Crippen LogP contribution in [0.3, 0.4) is 0 Å². The highest BCUT2D eigenvalue weighted by Gasteiger charge is 2.26. The Hall–Kier alpha value is -1.40.